The molecule has 20 heavy (non-hydrogen) atoms. The van der Waals surface area contributed by atoms with Gasteiger partial charge in [-0.15, -0.1) is 0 Å². The fraction of sp³-hybridized carbons (Fsp3) is 0.625. The van der Waals surface area contributed by atoms with Crippen LogP contribution >= 0.6 is 0 Å². The smallest absolute Gasteiger partial charge is 0.268 e. The number of nitrogens with zero attached hydrogens (tertiary/aromatic N) is 2. The SMILES string of the molecule is N#Cc1cccn(CC2CCC3(CCCCC3)O2)c1=O. The number of ether oxygens (including phenoxy) is 1. The van der Waals surface area contributed by atoms with Crippen LogP contribution in [0.15, 0.2) is 23.1 Å². The first kappa shape index (κ1) is 13.4. The third kappa shape index (κ3) is 2.51. The van der Waals surface area contributed by atoms with Gasteiger partial charge in [0.05, 0.1) is 18.2 Å². The van der Waals surface area contributed by atoms with Crippen LogP contribution in [-0.4, -0.2) is 16.3 Å². The van der Waals surface area contributed by atoms with E-state index in [1.54, 1.807) is 22.9 Å². The highest BCUT2D eigenvalue weighted by Crippen LogP contribution is 2.42. The molecule has 4 heteroatoms. The second-order valence-corrected chi connectivity index (χ2v) is 6.01. The van der Waals surface area contributed by atoms with Crippen LogP contribution in [-0.2, 0) is 11.3 Å². The van der Waals surface area contributed by atoms with Crippen LogP contribution in [0.3, 0.4) is 0 Å². The van der Waals surface area contributed by atoms with Gasteiger partial charge in [-0.2, -0.15) is 5.26 Å². The largest absolute Gasteiger partial charge is 0.370 e. The molecule has 0 bridgehead atoms. The van der Waals surface area contributed by atoms with Gasteiger partial charge in [-0.3, -0.25) is 4.79 Å². The number of nitriles is 1. The Bertz CT molecular complexity index is 579. The quantitative estimate of drug-likeness (QED) is 0.831. The average Bonchev–Trinajstić information content (AvgIpc) is 2.84. The van der Waals surface area contributed by atoms with E-state index in [-0.39, 0.29) is 22.8 Å². The lowest BCUT2D eigenvalue weighted by Gasteiger charge is -2.33. The Morgan fingerprint density at radius 1 is 1.35 bits per heavy atom. The predicted molar refractivity (Wildman–Crippen MR) is 75.3 cm³/mol. The molecule has 2 fully saturated rings. The van der Waals surface area contributed by atoms with Crippen molar-refractivity contribution in [1.29, 1.82) is 5.26 Å². The molecule has 1 atom stereocenters. The summed E-state index contributed by atoms with van der Waals surface area (Å²) < 4.78 is 7.90. The lowest BCUT2D eigenvalue weighted by molar-refractivity contribution is -0.0682. The van der Waals surface area contributed by atoms with Crippen molar-refractivity contribution in [3.8, 4) is 6.07 Å². The van der Waals surface area contributed by atoms with Crippen LogP contribution in [0.4, 0.5) is 0 Å². The lowest BCUT2D eigenvalue weighted by Crippen LogP contribution is -2.34. The van der Waals surface area contributed by atoms with Gasteiger partial charge in [-0.25, -0.2) is 0 Å². The second-order valence-electron chi connectivity index (χ2n) is 6.01. The summed E-state index contributed by atoms with van der Waals surface area (Å²) in [5.74, 6) is 0. The molecule has 0 N–H and O–H groups in total. The highest BCUT2D eigenvalue weighted by Gasteiger charge is 2.40. The summed E-state index contributed by atoms with van der Waals surface area (Å²) in [5.41, 5.74) is 0.0837. The summed E-state index contributed by atoms with van der Waals surface area (Å²) in [7, 11) is 0. The molecule has 2 heterocycles. The summed E-state index contributed by atoms with van der Waals surface area (Å²) in [5, 5.41) is 8.91. The van der Waals surface area contributed by atoms with Crippen molar-refractivity contribution in [2.75, 3.05) is 0 Å². The second kappa shape index (κ2) is 5.41. The minimum Gasteiger partial charge on any atom is -0.370 e. The molecule has 3 rings (SSSR count). The molecule has 2 aliphatic rings. The Balaban J connectivity index is 1.71. The Morgan fingerprint density at radius 3 is 2.90 bits per heavy atom. The Labute approximate surface area is 119 Å². The van der Waals surface area contributed by atoms with E-state index in [4.69, 9.17) is 10.00 Å². The molecular formula is C16H20N2O2. The van der Waals surface area contributed by atoms with E-state index in [0.717, 1.165) is 25.7 Å². The van der Waals surface area contributed by atoms with Gasteiger partial charge in [-0.1, -0.05) is 19.3 Å². The topological polar surface area (TPSA) is 55.0 Å². The van der Waals surface area contributed by atoms with E-state index in [1.807, 2.05) is 6.07 Å². The van der Waals surface area contributed by atoms with Gasteiger partial charge in [0.15, 0.2) is 0 Å². The Hall–Kier alpha value is -1.60. The first-order valence-electron chi connectivity index (χ1n) is 7.50. The number of pyridine rings is 1. The molecule has 106 valence electrons. The average molecular weight is 272 g/mol. The third-order valence-electron chi connectivity index (χ3n) is 4.64. The number of hydrogen-bond acceptors (Lipinski definition) is 3. The molecule has 1 saturated carbocycles. The molecule has 1 aliphatic carbocycles. The van der Waals surface area contributed by atoms with Crippen molar-refractivity contribution >= 4 is 0 Å². The molecule has 1 aromatic heterocycles. The molecular weight excluding hydrogens is 252 g/mol. The Morgan fingerprint density at radius 2 is 2.15 bits per heavy atom. The van der Waals surface area contributed by atoms with E-state index in [0.29, 0.717) is 6.54 Å². The normalized spacial score (nSPS) is 24.6. The first-order chi connectivity index (χ1) is 9.72. The first-order valence-corrected chi connectivity index (χ1v) is 7.50. The molecule has 1 saturated heterocycles. The van der Waals surface area contributed by atoms with Gasteiger partial charge in [-0.05, 0) is 37.8 Å². The highest BCUT2D eigenvalue weighted by molar-refractivity contribution is 5.25. The van der Waals surface area contributed by atoms with Crippen molar-refractivity contribution in [3.63, 3.8) is 0 Å². The van der Waals surface area contributed by atoms with Crippen LogP contribution in [0.25, 0.3) is 0 Å². The van der Waals surface area contributed by atoms with Crippen LogP contribution in [0.5, 0.6) is 0 Å². The molecule has 0 amide bonds. The lowest BCUT2D eigenvalue weighted by atomic mass is 9.83. The maximum absolute atomic E-state index is 12.0. The summed E-state index contributed by atoms with van der Waals surface area (Å²) in [6.45, 7) is 0.566. The maximum Gasteiger partial charge on any atom is 0.268 e. The Kier molecular flexibility index (Phi) is 3.62. The predicted octanol–water partition coefficient (Wildman–Crippen LogP) is 2.60. The maximum atomic E-state index is 12.0. The molecule has 1 aromatic rings. The highest BCUT2D eigenvalue weighted by atomic mass is 16.5. The van der Waals surface area contributed by atoms with Crippen LogP contribution in [0.1, 0.15) is 50.5 Å². The van der Waals surface area contributed by atoms with Crippen LogP contribution < -0.4 is 5.56 Å². The fourth-order valence-electron chi connectivity index (χ4n) is 3.57. The van der Waals surface area contributed by atoms with Crippen molar-refractivity contribution in [2.24, 2.45) is 0 Å². The standard InChI is InChI=1S/C16H20N2O2/c17-11-13-5-4-10-18(15(13)19)12-14-6-9-16(20-14)7-2-1-3-8-16/h4-5,10,14H,1-3,6-9,12H2. The minimum absolute atomic E-state index is 0.0827. The summed E-state index contributed by atoms with van der Waals surface area (Å²) in [6, 6.07) is 5.26. The van der Waals surface area contributed by atoms with Crippen LogP contribution in [0, 0.1) is 11.3 Å². The van der Waals surface area contributed by atoms with E-state index in [1.165, 1.54) is 19.3 Å². The number of rotatable bonds is 2. The van der Waals surface area contributed by atoms with Crippen molar-refractivity contribution < 1.29 is 4.74 Å². The molecule has 4 nitrogen and oxygen atoms in total. The van der Waals surface area contributed by atoms with Gasteiger partial charge in [0.2, 0.25) is 0 Å². The molecule has 0 radical (unpaired) electrons. The van der Waals surface area contributed by atoms with Gasteiger partial charge in [0, 0.05) is 6.20 Å². The van der Waals surface area contributed by atoms with E-state index in [9.17, 15) is 4.79 Å². The molecule has 1 spiro atoms. The molecule has 1 aliphatic heterocycles. The van der Waals surface area contributed by atoms with Crippen molar-refractivity contribution in [2.45, 2.75) is 63.2 Å². The summed E-state index contributed by atoms with van der Waals surface area (Å²) >= 11 is 0. The molecule has 0 aromatic carbocycles. The van der Waals surface area contributed by atoms with Crippen molar-refractivity contribution in [3.05, 3.63) is 34.2 Å². The van der Waals surface area contributed by atoms with Gasteiger partial charge in [0.1, 0.15) is 11.6 Å². The fourth-order valence-corrected chi connectivity index (χ4v) is 3.57. The van der Waals surface area contributed by atoms with Gasteiger partial charge in [0.25, 0.3) is 5.56 Å². The van der Waals surface area contributed by atoms with E-state index < -0.39 is 0 Å². The van der Waals surface area contributed by atoms with Crippen LogP contribution in [0.2, 0.25) is 0 Å². The zero-order valence-electron chi connectivity index (χ0n) is 11.7. The number of aromatic nitrogens is 1. The monoisotopic (exact) mass is 272 g/mol. The number of hydrogen-bond donors (Lipinski definition) is 0. The zero-order valence-corrected chi connectivity index (χ0v) is 11.7. The van der Waals surface area contributed by atoms with E-state index in [2.05, 4.69) is 0 Å². The zero-order chi connectivity index (χ0) is 14.0. The van der Waals surface area contributed by atoms with Gasteiger partial charge < -0.3 is 9.30 Å². The minimum atomic E-state index is -0.205. The summed E-state index contributed by atoms with van der Waals surface area (Å²) in [6.07, 6.45) is 10.2. The van der Waals surface area contributed by atoms with E-state index >= 15 is 0 Å². The van der Waals surface area contributed by atoms with Crippen molar-refractivity contribution in [1.82, 2.24) is 4.57 Å². The van der Waals surface area contributed by atoms with Gasteiger partial charge >= 0.3 is 0 Å². The third-order valence-corrected chi connectivity index (χ3v) is 4.64. The molecule has 1 unspecified atom stereocenters. The summed E-state index contributed by atoms with van der Waals surface area (Å²) in [4.78, 5) is 12.0.